The Morgan fingerprint density at radius 3 is 2.90 bits per heavy atom. The molecule has 4 heteroatoms. The summed E-state index contributed by atoms with van der Waals surface area (Å²) < 4.78 is 10.9. The number of hydrogen-bond acceptors (Lipinski definition) is 3. The maximum atomic E-state index is 5.47. The van der Waals surface area contributed by atoms with Crippen molar-refractivity contribution in [1.82, 2.24) is 0 Å². The van der Waals surface area contributed by atoms with Crippen LogP contribution in [0.4, 0.5) is 0 Å². The number of hydrogen-bond donors (Lipinski definition) is 1. The Balaban J connectivity index is 2.13. The Hall–Kier alpha value is 0.487. The molecule has 0 aromatic heterocycles. The van der Waals surface area contributed by atoms with Crippen molar-refractivity contribution in [2.75, 3.05) is 6.61 Å². The van der Waals surface area contributed by atoms with Gasteiger partial charge < -0.3 is 8.85 Å². The normalized spacial score (nSPS) is 30.0. The van der Waals surface area contributed by atoms with Gasteiger partial charge in [-0.05, 0) is 25.8 Å². The maximum Gasteiger partial charge on any atom is 0.322 e. The van der Waals surface area contributed by atoms with E-state index in [-0.39, 0.29) is 5.44 Å². The Bertz CT molecular complexity index is 93.7. The van der Waals surface area contributed by atoms with E-state index in [0.29, 0.717) is 0 Å². The van der Waals surface area contributed by atoms with Crippen molar-refractivity contribution in [3.63, 3.8) is 0 Å². The Labute approximate surface area is 69.2 Å². The fourth-order valence-electron chi connectivity index (χ4n) is 1.04. The van der Waals surface area contributed by atoms with Gasteiger partial charge in [-0.2, -0.15) is 0 Å². The summed E-state index contributed by atoms with van der Waals surface area (Å²) in [6.07, 6.45) is 2.48. The summed E-state index contributed by atoms with van der Waals surface area (Å²) in [5.74, 6) is 0. The van der Waals surface area contributed by atoms with Crippen molar-refractivity contribution < 1.29 is 8.85 Å². The van der Waals surface area contributed by atoms with Crippen LogP contribution in [-0.2, 0) is 8.85 Å². The van der Waals surface area contributed by atoms with Gasteiger partial charge >= 0.3 is 9.28 Å². The smallest absolute Gasteiger partial charge is 0.322 e. The van der Waals surface area contributed by atoms with Crippen LogP contribution in [0.25, 0.3) is 0 Å². The first-order valence-electron chi connectivity index (χ1n) is 3.74. The van der Waals surface area contributed by atoms with Gasteiger partial charge in [0.25, 0.3) is 0 Å². The minimum atomic E-state index is -1.26. The zero-order valence-corrected chi connectivity index (χ0v) is 8.30. The second-order valence-corrected chi connectivity index (χ2v) is 5.30. The summed E-state index contributed by atoms with van der Waals surface area (Å²) in [5, 5.41) is 0. The van der Waals surface area contributed by atoms with E-state index in [1.54, 1.807) is 0 Å². The highest BCUT2D eigenvalue weighted by molar-refractivity contribution is 7.80. The van der Waals surface area contributed by atoms with Crippen molar-refractivity contribution in [2.45, 2.75) is 31.2 Å². The van der Waals surface area contributed by atoms with Gasteiger partial charge in [-0.15, -0.1) is 12.6 Å². The minimum Gasteiger partial charge on any atom is -0.397 e. The molecule has 0 aromatic carbocycles. The highest BCUT2D eigenvalue weighted by Crippen LogP contribution is 2.13. The molecule has 0 bridgehead atoms. The SMILES string of the molecule is CC(S)O[SiH]1CCCCO1. The second-order valence-electron chi connectivity index (χ2n) is 2.53. The van der Waals surface area contributed by atoms with Crippen LogP contribution in [0.5, 0.6) is 0 Å². The third-order valence-corrected chi connectivity index (χ3v) is 4.04. The van der Waals surface area contributed by atoms with Crippen LogP contribution < -0.4 is 0 Å². The molecule has 0 amide bonds. The molecule has 0 spiro atoms. The standard InChI is InChI=1S/C6H14O2SSi/c1-6(9)8-10-5-3-2-4-7-10/h6,9-10H,2-5H2,1H3. The molecule has 60 valence electrons. The molecule has 1 aliphatic heterocycles. The first-order chi connectivity index (χ1) is 4.79. The topological polar surface area (TPSA) is 18.5 Å². The molecule has 1 saturated heterocycles. The quantitative estimate of drug-likeness (QED) is 0.390. The van der Waals surface area contributed by atoms with E-state index in [4.69, 9.17) is 8.85 Å². The molecule has 2 unspecified atom stereocenters. The van der Waals surface area contributed by atoms with Gasteiger partial charge in [0.05, 0.1) is 5.44 Å². The molecule has 0 saturated carbocycles. The molecule has 1 fully saturated rings. The van der Waals surface area contributed by atoms with Crippen LogP contribution in [-0.4, -0.2) is 21.3 Å². The lowest BCUT2D eigenvalue weighted by molar-refractivity contribution is 0.173. The molecule has 0 radical (unpaired) electrons. The van der Waals surface area contributed by atoms with E-state index in [0.717, 1.165) is 12.7 Å². The predicted molar refractivity (Wildman–Crippen MR) is 46.7 cm³/mol. The highest BCUT2D eigenvalue weighted by Gasteiger charge is 2.18. The maximum absolute atomic E-state index is 5.47. The van der Waals surface area contributed by atoms with Crippen LogP contribution in [0.1, 0.15) is 19.8 Å². The molecule has 1 rings (SSSR count). The van der Waals surface area contributed by atoms with Crippen molar-refractivity contribution in [3.8, 4) is 0 Å². The lowest BCUT2D eigenvalue weighted by Gasteiger charge is -2.22. The summed E-state index contributed by atoms with van der Waals surface area (Å²) in [4.78, 5) is 0. The number of thiol groups is 1. The Morgan fingerprint density at radius 2 is 2.40 bits per heavy atom. The van der Waals surface area contributed by atoms with Crippen LogP contribution in [0.3, 0.4) is 0 Å². The zero-order valence-electron chi connectivity index (χ0n) is 6.25. The van der Waals surface area contributed by atoms with Crippen molar-refractivity contribution >= 4 is 21.9 Å². The van der Waals surface area contributed by atoms with E-state index in [1.807, 2.05) is 6.92 Å². The van der Waals surface area contributed by atoms with Crippen molar-refractivity contribution in [1.29, 1.82) is 0 Å². The first-order valence-corrected chi connectivity index (χ1v) is 6.02. The third-order valence-electron chi connectivity index (χ3n) is 1.49. The molecule has 1 aliphatic rings. The van der Waals surface area contributed by atoms with Gasteiger partial charge in [-0.3, -0.25) is 0 Å². The van der Waals surface area contributed by atoms with Gasteiger partial charge in [0.15, 0.2) is 0 Å². The van der Waals surface area contributed by atoms with Crippen LogP contribution >= 0.6 is 12.6 Å². The second kappa shape index (κ2) is 4.38. The van der Waals surface area contributed by atoms with E-state index in [2.05, 4.69) is 12.6 Å². The van der Waals surface area contributed by atoms with Gasteiger partial charge in [0.1, 0.15) is 0 Å². The molecular weight excluding hydrogens is 164 g/mol. The molecule has 0 aromatic rings. The molecule has 1 heterocycles. The van der Waals surface area contributed by atoms with Crippen LogP contribution in [0, 0.1) is 0 Å². The summed E-state index contributed by atoms with van der Waals surface area (Å²) >= 11 is 4.14. The lowest BCUT2D eigenvalue weighted by Crippen LogP contribution is -2.29. The van der Waals surface area contributed by atoms with Gasteiger partial charge in [-0.1, -0.05) is 0 Å². The van der Waals surface area contributed by atoms with E-state index in [1.165, 1.54) is 12.8 Å². The first kappa shape index (κ1) is 8.58. The lowest BCUT2D eigenvalue weighted by atomic mass is 10.4. The zero-order chi connectivity index (χ0) is 7.40. The molecule has 2 nitrogen and oxygen atoms in total. The van der Waals surface area contributed by atoms with E-state index < -0.39 is 9.28 Å². The Kier molecular flexibility index (Phi) is 3.76. The fourth-order valence-corrected chi connectivity index (χ4v) is 3.32. The van der Waals surface area contributed by atoms with E-state index in [9.17, 15) is 0 Å². The monoisotopic (exact) mass is 178 g/mol. The van der Waals surface area contributed by atoms with Gasteiger partial charge in [0.2, 0.25) is 0 Å². The summed E-state index contributed by atoms with van der Waals surface area (Å²) in [6, 6.07) is 1.16. The van der Waals surface area contributed by atoms with Gasteiger partial charge in [-0.25, -0.2) is 0 Å². The minimum absolute atomic E-state index is 0.0507. The predicted octanol–water partition coefficient (Wildman–Crippen LogP) is 1.31. The van der Waals surface area contributed by atoms with Crippen LogP contribution in [0.2, 0.25) is 6.04 Å². The molecule has 0 aliphatic carbocycles. The highest BCUT2D eigenvalue weighted by atomic mass is 32.1. The third kappa shape index (κ3) is 3.05. The van der Waals surface area contributed by atoms with Crippen LogP contribution in [0.15, 0.2) is 0 Å². The average molecular weight is 178 g/mol. The molecular formula is C6H14O2SSi. The molecule has 0 N–H and O–H groups in total. The fraction of sp³-hybridized carbons (Fsp3) is 1.00. The summed E-state index contributed by atoms with van der Waals surface area (Å²) in [7, 11) is -1.26. The number of rotatable bonds is 2. The van der Waals surface area contributed by atoms with Crippen molar-refractivity contribution in [3.05, 3.63) is 0 Å². The van der Waals surface area contributed by atoms with E-state index >= 15 is 0 Å². The molecule has 2 atom stereocenters. The summed E-state index contributed by atoms with van der Waals surface area (Å²) in [5.41, 5.74) is 0.0507. The largest absolute Gasteiger partial charge is 0.397 e. The van der Waals surface area contributed by atoms with Crippen molar-refractivity contribution in [2.24, 2.45) is 0 Å². The Morgan fingerprint density at radius 1 is 1.60 bits per heavy atom. The average Bonchev–Trinajstić information content (AvgIpc) is 1.88. The molecule has 10 heavy (non-hydrogen) atoms. The van der Waals surface area contributed by atoms with Gasteiger partial charge in [0, 0.05) is 6.61 Å². The summed E-state index contributed by atoms with van der Waals surface area (Å²) in [6.45, 7) is 2.84.